The quantitative estimate of drug-likeness (QED) is 0.687. The minimum Gasteiger partial charge on any atom is -0.480 e. The lowest BCUT2D eigenvalue weighted by Crippen LogP contribution is -2.30. The summed E-state index contributed by atoms with van der Waals surface area (Å²) in [5.74, 6) is 0.248. The summed E-state index contributed by atoms with van der Waals surface area (Å²) in [6, 6.07) is 11.9. The Labute approximate surface area is 164 Å². The lowest BCUT2D eigenvalue weighted by Gasteiger charge is -2.20. The molecule has 6 nitrogen and oxygen atoms in total. The molecule has 1 atom stereocenters. The van der Waals surface area contributed by atoms with Crippen molar-refractivity contribution < 1.29 is 9.53 Å². The van der Waals surface area contributed by atoms with E-state index in [0.717, 1.165) is 49.0 Å². The molecule has 0 spiro atoms. The van der Waals surface area contributed by atoms with Crippen LogP contribution in [0.2, 0.25) is 0 Å². The molecule has 1 aromatic carbocycles. The van der Waals surface area contributed by atoms with Crippen LogP contribution in [0, 0.1) is 0 Å². The Kier molecular flexibility index (Phi) is 5.37. The van der Waals surface area contributed by atoms with Crippen LogP contribution in [0.1, 0.15) is 46.1 Å². The first-order valence-electron chi connectivity index (χ1n) is 9.63. The third kappa shape index (κ3) is 3.91. The monoisotopic (exact) mass is 376 g/mol. The Hall–Kier alpha value is -3.15. The average Bonchev–Trinajstić information content (AvgIpc) is 3.41. The first-order chi connectivity index (χ1) is 13.7. The van der Waals surface area contributed by atoms with Gasteiger partial charge in [-0.15, -0.1) is 0 Å². The smallest absolute Gasteiger partial charge is 0.257 e. The molecule has 3 aromatic rings. The summed E-state index contributed by atoms with van der Waals surface area (Å²) in [6.07, 6.45) is 9.23. The van der Waals surface area contributed by atoms with Crippen molar-refractivity contribution in [3.05, 3.63) is 77.5 Å². The first-order valence-corrected chi connectivity index (χ1v) is 9.63. The zero-order chi connectivity index (χ0) is 19.3. The third-order valence-electron chi connectivity index (χ3n) is 5.20. The average molecular weight is 376 g/mol. The van der Waals surface area contributed by atoms with E-state index in [-0.39, 0.29) is 11.9 Å². The summed E-state index contributed by atoms with van der Waals surface area (Å²) in [5.41, 5.74) is 3.78. The number of ether oxygens (including phenoxy) is 1. The summed E-state index contributed by atoms with van der Waals surface area (Å²) in [4.78, 5) is 21.8. The van der Waals surface area contributed by atoms with E-state index in [2.05, 4.69) is 15.3 Å². The molecule has 2 aromatic heterocycles. The minimum atomic E-state index is -0.154. The summed E-state index contributed by atoms with van der Waals surface area (Å²) >= 11 is 0. The number of aryl methyl sites for hydroxylation is 3. The second kappa shape index (κ2) is 8.25. The van der Waals surface area contributed by atoms with Crippen LogP contribution in [-0.2, 0) is 19.4 Å². The Morgan fingerprint density at radius 1 is 1.29 bits per heavy atom. The Balaban J connectivity index is 1.57. The van der Waals surface area contributed by atoms with Gasteiger partial charge in [0, 0.05) is 24.6 Å². The van der Waals surface area contributed by atoms with E-state index in [0.29, 0.717) is 11.4 Å². The van der Waals surface area contributed by atoms with Gasteiger partial charge in [0.2, 0.25) is 5.88 Å². The van der Waals surface area contributed by atoms with Crippen LogP contribution in [-0.4, -0.2) is 27.6 Å². The molecule has 4 rings (SSSR count). The largest absolute Gasteiger partial charge is 0.480 e. The van der Waals surface area contributed by atoms with Crippen LogP contribution in [0.4, 0.5) is 0 Å². The molecule has 1 amide bonds. The number of carbonyl (C=O) groups excluding carboxylic acids is 1. The van der Waals surface area contributed by atoms with Crippen molar-refractivity contribution in [2.45, 2.75) is 38.3 Å². The normalized spacial score (nSPS) is 13.8. The SMILES string of the molecule is COc1nc2c(cc1C(=O)NC(CCn1ccnc1)c1ccccc1)CCC2. The van der Waals surface area contributed by atoms with E-state index in [9.17, 15) is 4.79 Å². The van der Waals surface area contributed by atoms with E-state index in [4.69, 9.17) is 4.74 Å². The number of imidazole rings is 1. The lowest BCUT2D eigenvalue weighted by atomic mass is 10.0. The fourth-order valence-corrected chi connectivity index (χ4v) is 3.71. The summed E-state index contributed by atoms with van der Waals surface area (Å²) in [5, 5.41) is 3.19. The van der Waals surface area contributed by atoms with Crippen LogP contribution in [0.25, 0.3) is 0 Å². The van der Waals surface area contributed by atoms with E-state index in [1.807, 2.05) is 47.2 Å². The van der Waals surface area contributed by atoms with Crippen LogP contribution in [0.3, 0.4) is 0 Å². The maximum atomic E-state index is 13.1. The van der Waals surface area contributed by atoms with Gasteiger partial charge < -0.3 is 14.6 Å². The molecular weight excluding hydrogens is 352 g/mol. The minimum absolute atomic E-state index is 0.117. The number of hydrogen-bond acceptors (Lipinski definition) is 4. The van der Waals surface area contributed by atoms with Gasteiger partial charge in [-0.3, -0.25) is 4.79 Å². The van der Waals surface area contributed by atoms with E-state index in [1.54, 1.807) is 19.6 Å². The van der Waals surface area contributed by atoms with Gasteiger partial charge in [0.05, 0.1) is 19.5 Å². The molecule has 1 unspecified atom stereocenters. The van der Waals surface area contributed by atoms with Gasteiger partial charge >= 0.3 is 0 Å². The van der Waals surface area contributed by atoms with Gasteiger partial charge in [-0.05, 0) is 42.9 Å². The number of pyridine rings is 1. The predicted octanol–water partition coefficient (Wildman–Crippen LogP) is 3.34. The second-order valence-electron chi connectivity index (χ2n) is 7.03. The van der Waals surface area contributed by atoms with Gasteiger partial charge in [0.25, 0.3) is 5.91 Å². The molecule has 6 heteroatoms. The van der Waals surface area contributed by atoms with Crippen LogP contribution >= 0.6 is 0 Å². The number of methoxy groups -OCH3 is 1. The van der Waals surface area contributed by atoms with E-state index in [1.165, 1.54) is 0 Å². The molecule has 1 aliphatic carbocycles. The lowest BCUT2D eigenvalue weighted by molar-refractivity contribution is 0.0929. The number of aromatic nitrogens is 3. The molecule has 0 fully saturated rings. The van der Waals surface area contributed by atoms with Crippen molar-refractivity contribution in [2.75, 3.05) is 7.11 Å². The van der Waals surface area contributed by atoms with Gasteiger partial charge in [-0.1, -0.05) is 30.3 Å². The van der Waals surface area contributed by atoms with Crippen molar-refractivity contribution in [1.29, 1.82) is 0 Å². The fourth-order valence-electron chi connectivity index (χ4n) is 3.71. The molecule has 28 heavy (non-hydrogen) atoms. The van der Waals surface area contributed by atoms with Crippen LogP contribution in [0.15, 0.2) is 55.1 Å². The summed E-state index contributed by atoms with van der Waals surface area (Å²) in [7, 11) is 1.56. The Morgan fingerprint density at radius 3 is 2.89 bits per heavy atom. The first kappa shape index (κ1) is 18.2. The molecule has 0 aliphatic heterocycles. The van der Waals surface area contributed by atoms with Gasteiger partial charge in [0.15, 0.2) is 0 Å². The fraction of sp³-hybridized carbons (Fsp3) is 0.318. The number of benzene rings is 1. The molecule has 0 saturated carbocycles. The number of nitrogens with one attached hydrogen (secondary N) is 1. The second-order valence-corrected chi connectivity index (χ2v) is 7.03. The maximum absolute atomic E-state index is 13.1. The number of hydrogen-bond donors (Lipinski definition) is 1. The molecule has 0 saturated heterocycles. The highest BCUT2D eigenvalue weighted by molar-refractivity contribution is 5.97. The van der Waals surface area contributed by atoms with Crippen molar-refractivity contribution in [2.24, 2.45) is 0 Å². The van der Waals surface area contributed by atoms with Crippen molar-refractivity contribution in [1.82, 2.24) is 19.9 Å². The maximum Gasteiger partial charge on any atom is 0.257 e. The highest BCUT2D eigenvalue weighted by atomic mass is 16.5. The topological polar surface area (TPSA) is 69.0 Å². The number of carbonyl (C=O) groups is 1. The Bertz CT molecular complexity index is 939. The van der Waals surface area contributed by atoms with Crippen molar-refractivity contribution >= 4 is 5.91 Å². The van der Waals surface area contributed by atoms with Crippen LogP contribution < -0.4 is 10.1 Å². The van der Waals surface area contributed by atoms with Crippen LogP contribution in [0.5, 0.6) is 5.88 Å². The highest BCUT2D eigenvalue weighted by Crippen LogP contribution is 2.27. The number of fused-ring (bicyclic) bond motifs is 1. The number of amides is 1. The predicted molar refractivity (Wildman–Crippen MR) is 106 cm³/mol. The Morgan fingerprint density at radius 2 is 2.14 bits per heavy atom. The number of rotatable bonds is 7. The molecule has 144 valence electrons. The highest BCUT2D eigenvalue weighted by Gasteiger charge is 2.23. The standard InChI is InChI=1S/C22H24N4O2/c1-28-22-18(14-17-8-5-9-19(17)25-22)21(27)24-20(16-6-3-2-4-7-16)10-12-26-13-11-23-15-26/h2-4,6-7,11,13-15,20H,5,8-10,12H2,1H3,(H,24,27). The van der Waals surface area contributed by atoms with Gasteiger partial charge in [-0.2, -0.15) is 0 Å². The van der Waals surface area contributed by atoms with Gasteiger partial charge in [-0.25, -0.2) is 9.97 Å². The molecular formula is C22H24N4O2. The zero-order valence-corrected chi connectivity index (χ0v) is 16.0. The summed E-state index contributed by atoms with van der Waals surface area (Å²) < 4.78 is 7.43. The zero-order valence-electron chi connectivity index (χ0n) is 16.0. The van der Waals surface area contributed by atoms with E-state index < -0.39 is 0 Å². The molecule has 1 aliphatic rings. The molecule has 0 radical (unpaired) electrons. The van der Waals surface area contributed by atoms with Crippen molar-refractivity contribution in [3.8, 4) is 5.88 Å². The molecule has 2 heterocycles. The third-order valence-corrected chi connectivity index (χ3v) is 5.20. The number of nitrogens with zero attached hydrogens (tertiary/aromatic N) is 3. The van der Waals surface area contributed by atoms with E-state index >= 15 is 0 Å². The summed E-state index contributed by atoms with van der Waals surface area (Å²) in [6.45, 7) is 0.763. The molecule has 0 bridgehead atoms. The van der Waals surface area contributed by atoms with Crippen molar-refractivity contribution in [3.63, 3.8) is 0 Å². The van der Waals surface area contributed by atoms with Gasteiger partial charge in [0.1, 0.15) is 5.56 Å². The molecule has 1 N–H and O–H groups in total.